The number of unbranched alkanes of at least 4 members (excludes halogenated alkanes) is 1. The average molecular weight is 197 g/mol. The second-order valence-electron chi connectivity index (χ2n) is 2.80. The summed E-state index contributed by atoms with van der Waals surface area (Å²) in [6, 6.07) is 1.74. The summed E-state index contributed by atoms with van der Waals surface area (Å²) in [6.07, 6.45) is 3.17. The van der Waals surface area contributed by atoms with E-state index in [4.69, 9.17) is 9.84 Å². The number of aliphatic hydroxyl groups is 1. The van der Waals surface area contributed by atoms with Gasteiger partial charge in [0, 0.05) is 19.2 Å². The van der Waals surface area contributed by atoms with Gasteiger partial charge in [0.05, 0.1) is 7.11 Å². The number of aromatic nitrogens is 2. The summed E-state index contributed by atoms with van der Waals surface area (Å²) < 4.78 is 4.95. The molecule has 0 aliphatic heterocycles. The van der Waals surface area contributed by atoms with Crippen LogP contribution in [-0.4, -0.2) is 35.3 Å². The summed E-state index contributed by atoms with van der Waals surface area (Å²) in [5.41, 5.74) is 0. The van der Waals surface area contributed by atoms with E-state index in [9.17, 15) is 0 Å². The highest BCUT2D eigenvalue weighted by Gasteiger charge is 1.96. The van der Waals surface area contributed by atoms with Crippen molar-refractivity contribution >= 4 is 5.82 Å². The van der Waals surface area contributed by atoms with Crippen molar-refractivity contribution in [3.8, 4) is 5.88 Å². The van der Waals surface area contributed by atoms with Crippen LogP contribution in [0.4, 0.5) is 5.82 Å². The van der Waals surface area contributed by atoms with Gasteiger partial charge in [-0.25, -0.2) is 9.97 Å². The lowest BCUT2D eigenvalue weighted by atomic mass is 10.3. The normalized spacial score (nSPS) is 9.86. The molecule has 2 N–H and O–H groups in total. The molecule has 0 amide bonds. The number of hydrogen-bond acceptors (Lipinski definition) is 5. The molecule has 78 valence electrons. The minimum absolute atomic E-state index is 0.231. The topological polar surface area (TPSA) is 67.3 Å². The van der Waals surface area contributed by atoms with Crippen molar-refractivity contribution in [1.29, 1.82) is 0 Å². The van der Waals surface area contributed by atoms with Crippen molar-refractivity contribution in [2.24, 2.45) is 0 Å². The highest BCUT2D eigenvalue weighted by atomic mass is 16.5. The monoisotopic (exact) mass is 197 g/mol. The molecule has 0 fully saturated rings. The number of rotatable bonds is 6. The molecule has 1 rings (SSSR count). The fourth-order valence-electron chi connectivity index (χ4n) is 1.00. The molecule has 0 unspecified atom stereocenters. The van der Waals surface area contributed by atoms with Gasteiger partial charge in [-0.2, -0.15) is 0 Å². The number of ether oxygens (including phenoxy) is 1. The van der Waals surface area contributed by atoms with Gasteiger partial charge in [0.25, 0.3) is 0 Å². The Balaban J connectivity index is 2.34. The van der Waals surface area contributed by atoms with Gasteiger partial charge in [-0.3, -0.25) is 0 Å². The van der Waals surface area contributed by atoms with Crippen molar-refractivity contribution in [3.63, 3.8) is 0 Å². The number of anilines is 1. The first kappa shape index (κ1) is 10.7. The molecule has 1 aromatic rings. The van der Waals surface area contributed by atoms with Crippen LogP contribution < -0.4 is 10.1 Å². The number of hydrogen-bond donors (Lipinski definition) is 2. The Morgan fingerprint density at radius 3 is 3.00 bits per heavy atom. The highest BCUT2D eigenvalue weighted by Crippen LogP contribution is 2.09. The standard InChI is InChI=1S/C9H15N3O2/c1-14-9-6-8(11-7-12-9)10-4-2-3-5-13/h6-7,13H,2-5H2,1H3,(H,10,11,12). The summed E-state index contributed by atoms with van der Waals surface area (Å²) in [5.74, 6) is 1.29. The molecule has 0 saturated heterocycles. The van der Waals surface area contributed by atoms with E-state index in [-0.39, 0.29) is 6.61 Å². The van der Waals surface area contributed by atoms with Crippen molar-refractivity contribution in [2.45, 2.75) is 12.8 Å². The van der Waals surface area contributed by atoms with Crippen LogP contribution in [0.25, 0.3) is 0 Å². The predicted molar refractivity (Wildman–Crippen MR) is 53.4 cm³/mol. The Morgan fingerprint density at radius 2 is 2.29 bits per heavy atom. The lowest BCUT2D eigenvalue weighted by molar-refractivity contribution is 0.286. The number of aliphatic hydroxyl groups excluding tert-OH is 1. The molecule has 5 nitrogen and oxygen atoms in total. The summed E-state index contributed by atoms with van der Waals surface area (Å²) in [4.78, 5) is 7.91. The molecule has 5 heteroatoms. The zero-order valence-electron chi connectivity index (χ0n) is 8.23. The van der Waals surface area contributed by atoms with Crippen molar-refractivity contribution in [2.75, 3.05) is 25.6 Å². The molecule has 1 aromatic heterocycles. The van der Waals surface area contributed by atoms with E-state index in [0.29, 0.717) is 5.88 Å². The number of nitrogens with one attached hydrogen (secondary N) is 1. The first-order valence-corrected chi connectivity index (χ1v) is 4.57. The van der Waals surface area contributed by atoms with Crippen LogP contribution in [0.1, 0.15) is 12.8 Å². The Labute approximate surface area is 83.2 Å². The third-order valence-electron chi connectivity index (χ3n) is 1.74. The molecule has 0 aliphatic rings. The van der Waals surface area contributed by atoms with Crippen LogP contribution >= 0.6 is 0 Å². The lowest BCUT2D eigenvalue weighted by Crippen LogP contribution is -2.04. The van der Waals surface area contributed by atoms with Gasteiger partial charge in [-0.15, -0.1) is 0 Å². The van der Waals surface area contributed by atoms with Crippen LogP contribution in [0.15, 0.2) is 12.4 Å². The summed E-state index contributed by atoms with van der Waals surface area (Å²) >= 11 is 0. The smallest absolute Gasteiger partial charge is 0.218 e. The van der Waals surface area contributed by atoms with Crippen molar-refractivity contribution in [1.82, 2.24) is 9.97 Å². The summed E-state index contributed by atoms with van der Waals surface area (Å²) in [5, 5.41) is 11.7. The van der Waals surface area contributed by atoms with Crippen molar-refractivity contribution < 1.29 is 9.84 Å². The Hall–Kier alpha value is -1.36. The molecule has 14 heavy (non-hydrogen) atoms. The maximum Gasteiger partial charge on any atom is 0.218 e. The van der Waals surface area contributed by atoms with Gasteiger partial charge in [0.1, 0.15) is 12.1 Å². The first-order valence-electron chi connectivity index (χ1n) is 4.57. The molecule has 0 aromatic carbocycles. The van der Waals surface area contributed by atoms with Gasteiger partial charge < -0.3 is 15.2 Å². The van der Waals surface area contributed by atoms with Crippen LogP contribution in [0.2, 0.25) is 0 Å². The molecule has 0 bridgehead atoms. The fraction of sp³-hybridized carbons (Fsp3) is 0.556. The first-order chi connectivity index (χ1) is 6.86. The van der Waals surface area contributed by atoms with E-state index < -0.39 is 0 Å². The average Bonchev–Trinajstić information content (AvgIpc) is 2.25. The van der Waals surface area contributed by atoms with Crippen molar-refractivity contribution in [3.05, 3.63) is 12.4 Å². The molecule has 0 saturated carbocycles. The zero-order chi connectivity index (χ0) is 10.2. The Morgan fingerprint density at radius 1 is 1.43 bits per heavy atom. The van der Waals surface area contributed by atoms with E-state index in [1.165, 1.54) is 6.33 Å². The van der Waals surface area contributed by atoms with Crippen LogP contribution in [0.5, 0.6) is 5.88 Å². The third-order valence-corrected chi connectivity index (χ3v) is 1.74. The van der Waals surface area contributed by atoms with E-state index in [1.54, 1.807) is 13.2 Å². The molecular weight excluding hydrogens is 182 g/mol. The van der Waals surface area contributed by atoms with E-state index in [0.717, 1.165) is 25.2 Å². The van der Waals surface area contributed by atoms with Gasteiger partial charge >= 0.3 is 0 Å². The maximum atomic E-state index is 8.57. The molecular formula is C9H15N3O2. The number of methoxy groups -OCH3 is 1. The quantitative estimate of drug-likeness (QED) is 0.656. The second-order valence-corrected chi connectivity index (χ2v) is 2.80. The Kier molecular flexibility index (Phi) is 4.71. The minimum atomic E-state index is 0.231. The van der Waals surface area contributed by atoms with Gasteiger partial charge in [-0.1, -0.05) is 0 Å². The molecule has 0 spiro atoms. The minimum Gasteiger partial charge on any atom is -0.481 e. The zero-order valence-corrected chi connectivity index (χ0v) is 8.23. The van der Waals surface area contributed by atoms with Gasteiger partial charge in [0.15, 0.2) is 0 Å². The fourth-order valence-corrected chi connectivity index (χ4v) is 1.00. The molecule has 1 heterocycles. The van der Waals surface area contributed by atoms with Crippen LogP contribution in [0.3, 0.4) is 0 Å². The van der Waals surface area contributed by atoms with Gasteiger partial charge in [-0.05, 0) is 12.8 Å². The van der Waals surface area contributed by atoms with E-state index in [2.05, 4.69) is 15.3 Å². The summed E-state index contributed by atoms with van der Waals surface area (Å²) in [7, 11) is 1.57. The SMILES string of the molecule is COc1cc(NCCCCO)ncn1. The highest BCUT2D eigenvalue weighted by molar-refractivity contribution is 5.36. The predicted octanol–water partition coefficient (Wildman–Crippen LogP) is 0.670. The summed E-state index contributed by atoms with van der Waals surface area (Å²) in [6.45, 7) is 1.02. The number of nitrogens with zero attached hydrogens (tertiary/aromatic N) is 2. The molecule has 0 atom stereocenters. The third kappa shape index (κ3) is 3.57. The largest absolute Gasteiger partial charge is 0.481 e. The van der Waals surface area contributed by atoms with Crippen LogP contribution in [0, 0.1) is 0 Å². The maximum absolute atomic E-state index is 8.57. The molecule has 0 radical (unpaired) electrons. The van der Waals surface area contributed by atoms with E-state index in [1.807, 2.05) is 0 Å². The molecule has 0 aliphatic carbocycles. The van der Waals surface area contributed by atoms with Crippen LogP contribution in [-0.2, 0) is 0 Å². The lowest BCUT2D eigenvalue weighted by Gasteiger charge is -2.05. The van der Waals surface area contributed by atoms with E-state index >= 15 is 0 Å². The Bertz CT molecular complexity index is 268. The second kappa shape index (κ2) is 6.15. The van der Waals surface area contributed by atoms with Gasteiger partial charge in [0.2, 0.25) is 5.88 Å².